The van der Waals surface area contributed by atoms with E-state index in [1.807, 2.05) is 26.0 Å². The number of aromatic nitrogens is 5. The van der Waals surface area contributed by atoms with Gasteiger partial charge in [0.2, 0.25) is 5.82 Å². The summed E-state index contributed by atoms with van der Waals surface area (Å²) in [5.41, 5.74) is 1.88. The van der Waals surface area contributed by atoms with E-state index in [0.717, 1.165) is 49.8 Å². The number of ether oxygens (including phenoxy) is 1. The lowest BCUT2D eigenvalue weighted by Gasteiger charge is -2.29. The van der Waals surface area contributed by atoms with Gasteiger partial charge in [-0.05, 0) is 57.7 Å². The molecule has 0 bridgehead atoms. The SMILES string of the molecule is CC1(C)CCC(c2nc(-c3ncn4c3c(=O)n(CCN3CCC(O)CC3)c3cc(Cl)ccc34)no2)O1. The van der Waals surface area contributed by atoms with Crippen molar-refractivity contribution in [1.82, 2.24) is 29.0 Å². The fourth-order valence-electron chi connectivity index (χ4n) is 5.28. The molecule has 0 spiro atoms. The third kappa shape index (κ3) is 4.21. The fraction of sp³-hybridized carbons (Fsp3) is 0.520. The zero-order valence-electron chi connectivity index (χ0n) is 20.4. The number of rotatable bonds is 5. The van der Waals surface area contributed by atoms with E-state index >= 15 is 0 Å². The average Bonchev–Trinajstić information content (AvgIpc) is 3.58. The highest BCUT2D eigenvalue weighted by atomic mass is 35.5. The van der Waals surface area contributed by atoms with Crippen LogP contribution in [0.25, 0.3) is 28.1 Å². The smallest absolute Gasteiger partial charge is 0.277 e. The van der Waals surface area contributed by atoms with Gasteiger partial charge in [0.15, 0.2) is 0 Å². The fourth-order valence-corrected chi connectivity index (χ4v) is 5.44. The summed E-state index contributed by atoms with van der Waals surface area (Å²) in [6.45, 7) is 6.86. The molecule has 190 valence electrons. The normalized spacial score (nSPS) is 21.2. The summed E-state index contributed by atoms with van der Waals surface area (Å²) in [7, 11) is 0. The van der Waals surface area contributed by atoms with E-state index in [9.17, 15) is 9.90 Å². The molecule has 36 heavy (non-hydrogen) atoms. The van der Waals surface area contributed by atoms with Crippen molar-refractivity contribution in [1.29, 1.82) is 0 Å². The highest BCUT2D eigenvalue weighted by Gasteiger charge is 2.36. The van der Waals surface area contributed by atoms with Gasteiger partial charge >= 0.3 is 0 Å². The van der Waals surface area contributed by atoms with E-state index in [1.54, 1.807) is 21.4 Å². The lowest BCUT2D eigenvalue weighted by atomic mass is 10.1. The van der Waals surface area contributed by atoms with Crippen molar-refractivity contribution in [2.75, 3.05) is 19.6 Å². The van der Waals surface area contributed by atoms with Crippen LogP contribution in [0.4, 0.5) is 0 Å². The van der Waals surface area contributed by atoms with Gasteiger partial charge in [-0.2, -0.15) is 4.98 Å². The number of imidazole rings is 1. The molecule has 0 amide bonds. The van der Waals surface area contributed by atoms with E-state index in [2.05, 4.69) is 20.0 Å². The van der Waals surface area contributed by atoms with E-state index in [-0.39, 0.29) is 29.2 Å². The Bertz CT molecular complexity index is 1480. The number of halogens is 1. The molecule has 0 radical (unpaired) electrons. The number of aliphatic hydroxyl groups excluding tert-OH is 1. The summed E-state index contributed by atoms with van der Waals surface area (Å²) in [6.07, 6.45) is 4.30. The standard InChI is InChI=1S/C25H29ClN6O4/c1-25(2)8-5-19(35-25)23-28-22(29-36-23)20-21-24(34)31(12-11-30-9-6-16(33)7-10-30)18-13-15(26)3-4-17(18)32(21)14-27-20/h3-4,13-14,16,19,33H,5-12H2,1-2H3. The van der Waals surface area contributed by atoms with E-state index in [0.29, 0.717) is 35.2 Å². The highest BCUT2D eigenvalue weighted by Crippen LogP contribution is 2.38. The van der Waals surface area contributed by atoms with Crippen LogP contribution in [0.2, 0.25) is 5.02 Å². The number of piperidine rings is 1. The largest absolute Gasteiger partial charge is 0.393 e. The first-order chi connectivity index (χ1) is 17.3. The number of aliphatic hydroxyl groups is 1. The molecule has 0 saturated carbocycles. The number of benzene rings is 1. The van der Waals surface area contributed by atoms with Crippen molar-refractivity contribution in [2.24, 2.45) is 0 Å². The van der Waals surface area contributed by atoms with Crippen LogP contribution in [-0.4, -0.2) is 65.4 Å². The number of hydrogen-bond donors (Lipinski definition) is 1. The number of fused-ring (bicyclic) bond motifs is 3. The lowest BCUT2D eigenvalue weighted by Crippen LogP contribution is -2.39. The van der Waals surface area contributed by atoms with Crippen molar-refractivity contribution >= 4 is 28.2 Å². The molecule has 1 atom stereocenters. The van der Waals surface area contributed by atoms with Gasteiger partial charge in [-0.25, -0.2) is 4.98 Å². The van der Waals surface area contributed by atoms with Crippen molar-refractivity contribution in [3.05, 3.63) is 45.8 Å². The molecule has 1 N–H and O–H groups in total. The third-order valence-electron chi connectivity index (χ3n) is 7.30. The molecule has 4 aromatic rings. The van der Waals surface area contributed by atoms with Gasteiger partial charge in [0.1, 0.15) is 23.6 Å². The second-order valence-electron chi connectivity index (χ2n) is 10.3. The molecular formula is C25H29ClN6O4. The average molecular weight is 513 g/mol. The molecule has 2 aliphatic heterocycles. The maximum Gasteiger partial charge on any atom is 0.277 e. The summed E-state index contributed by atoms with van der Waals surface area (Å²) in [4.78, 5) is 25.2. The number of nitrogens with zero attached hydrogens (tertiary/aromatic N) is 6. The van der Waals surface area contributed by atoms with Crippen LogP contribution in [0.15, 0.2) is 33.8 Å². The molecule has 10 nitrogen and oxygen atoms in total. The van der Waals surface area contributed by atoms with Crippen LogP contribution in [0.5, 0.6) is 0 Å². The van der Waals surface area contributed by atoms with Crippen LogP contribution in [0.3, 0.4) is 0 Å². The molecule has 2 fully saturated rings. The van der Waals surface area contributed by atoms with Crippen molar-refractivity contribution in [3.8, 4) is 11.5 Å². The van der Waals surface area contributed by atoms with Crippen LogP contribution in [0.1, 0.15) is 51.5 Å². The van der Waals surface area contributed by atoms with Gasteiger partial charge in [-0.3, -0.25) is 9.20 Å². The lowest BCUT2D eigenvalue weighted by molar-refractivity contribution is -0.0292. The predicted octanol–water partition coefficient (Wildman–Crippen LogP) is 3.44. The molecule has 2 aliphatic rings. The monoisotopic (exact) mass is 512 g/mol. The van der Waals surface area contributed by atoms with Crippen LogP contribution < -0.4 is 5.56 Å². The van der Waals surface area contributed by atoms with Gasteiger partial charge in [0, 0.05) is 31.2 Å². The minimum atomic E-state index is -0.266. The quantitative estimate of drug-likeness (QED) is 0.433. The minimum absolute atomic E-state index is 0.195. The summed E-state index contributed by atoms with van der Waals surface area (Å²) in [6, 6.07) is 5.50. The Morgan fingerprint density at radius 3 is 2.72 bits per heavy atom. The minimum Gasteiger partial charge on any atom is -0.393 e. The summed E-state index contributed by atoms with van der Waals surface area (Å²) in [5, 5.41) is 14.5. The van der Waals surface area contributed by atoms with Crippen molar-refractivity contribution < 1.29 is 14.4 Å². The molecule has 5 heterocycles. The number of hydrogen-bond acceptors (Lipinski definition) is 8. The third-order valence-corrected chi connectivity index (χ3v) is 7.53. The Morgan fingerprint density at radius 1 is 1.17 bits per heavy atom. The van der Waals surface area contributed by atoms with Gasteiger partial charge in [-0.15, -0.1) is 0 Å². The van der Waals surface area contributed by atoms with Gasteiger partial charge < -0.3 is 23.8 Å². The first-order valence-electron chi connectivity index (χ1n) is 12.4. The van der Waals surface area contributed by atoms with E-state index in [4.69, 9.17) is 20.9 Å². The van der Waals surface area contributed by atoms with Crippen LogP contribution in [0, 0.1) is 0 Å². The Balaban J connectivity index is 1.41. The Morgan fingerprint density at radius 2 is 1.97 bits per heavy atom. The second kappa shape index (κ2) is 8.95. The molecule has 3 aromatic heterocycles. The first kappa shape index (κ1) is 23.6. The molecule has 0 aliphatic carbocycles. The Labute approximate surface area is 212 Å². The molecule has 1 aromatic carbocycles. The summed E-state index contributed by atoms with van der Waals surface area (Å²) in [5.74, 6) is 0.666. The summed E-state index contributed by atoms with van der Waals surface area (Å²) < 4.78 is 15.1. The van der Waals surface area contributed by atoms with Crippen molar-refractivity contribution in [2.45, 2.75) is 63.9 Å². The molecule has 2 saturated heterocycles. The van der Waals surface area contributed by atoms with Crippen LogP contribution >= 0.6 is 11.6 Å². The topological polar surface area (TPSA) is 111 Å². The zero-order valence-corrected chi connectivity index (χ0v) is 21.1. The maximum atomic E-state index is 13.9. The van der Waals surface area contributed by atoms with E-state index < -0.39 is 0 Å². The Hall–Kier alpha value is -2.79. The van der Waals surface area contributed by atoms with Gasteiger partial charge in [-0.1, -0.05) is 16.8 Å². The summed E-state index contributed by atoms with van der Waals surface area (Å²) >= 11 is 6.32. The van der Waals surface area contributed by atoms with Crippen LogP contribution in [-0.2, 0) is 11.3 Å². The van der Waals surface area contributed by atoms with Crippen molar-refractivity contribution in [3.63, 3.8) is 0 Å². The van der Waals surface area contributed by atoms with E-state index in [1.165, 1.54) is 0 Å². The molecule has 1 unspecified atom stereocenters. The first-order valence-corrected chi connectivity index (χ1v) is 12.8. The molecule has 11 heteroatoms. The second-order valence-corrected chi connectivity index (χ2v) is 10.8. The van der Waals surface area contributed by atoms with Gasteiger partial charge in [0.25, 0.3) is 11.4 Å². The Kier molecular flexibility index (Phi) is 5.87. The zero-order chi connectivity index (χ0) is 25.0. The highest BCUT2D eigenvalue weighted by molar-refractivity contribution is 6.31. The molecular weight excluding hydrogens is 484 g/mol. The number of likely N-dealkylation sites (tertiary alicyclic amines) is 1. The molecule has 6 rings (SSSR count). The van der Waals surface area contributed by atoms with Gasteiger partial charge in [0.05, 0.1) is 22.7 Å². The maximum absolute atomic E-state index is 13.9. The predicted molar refractivity (Wildman–Crippen MR) is 134 cm³/mol.